The van der Waals surface area contributed by atoms with E-state index in [9.17, 15) is 13.9 Å². The van der Waals surface area contributed by atoms with Gasteiger partial charge in [-0.05, 0) is 32.2 Å². The molecule has 2 saturated carbocycles. The second kappa shape index (κ2) is 3.16. The Balaban J connectivity index is 1.61. The first-order valence-corrected chi connectivity index (χ1v) is 6.22. The normalized spacial score (nSPS) is 39.9. The van der Waals surface area contributed by atoms with E-state index in [-0.39, 0.29) is 18.4 Å². The minimum atomic E-state index is -2.42. The van der Waals surface area contributed by atoms with E-state index < -0.39 is 11.3 Å². The summed E-state index contributed by atoms with van der Waals surface area (Å²) in [5.74, 6) is -2.42. The van der Waals surface area contributed by atoms with Crippen molar-refractivity contribution in [2.75, 3.05) is 26.2 Å². The van der Waals surface area contributed by atoms with Crippen LogP contribution >= 0.6 is 0 Å². The molecule has 92 valence electrons. The highest BCUT2D eigenvalue weighted by atomic mass is 19.3. The summed E-state index contributed by atoms with van der Waals surface area (Å²) in [5, 5.41) is 9.26. The molecule has 4 heteroatoms. The number of nitrogens with zero attached hydrogens (tertiary/aromatic N) is 1. The Hall–Kier alpha value is -0.220. The highest BCUT2D eigenvalue weighted by molar-refractivity contribution is 5.13. The fraction of sp³-hybridized carbons (Fsp3) is 1.00. The SMILES string of the molecule is OCC1(CN2CCCC3(C2)CC3(F)F)CC1. The Morgan fingerprint density at radius 3 is 2.38 bits per heavy atom. The van der Waals surface area contributed by atoms with Gasteiger partial charge in [0.2, 0.25) is 0 Å². The maximum absolute atomic E-state index is 13.3. The number of alkyl halides is 2. The number of piperidine rings is 1. The third kappa shape index (κ3) is 1.58. The highest BCUT2D eigenvalue weighted by Crippen LogP contribution is 2.64. The summed E-state index contributed by atoms with van der Waals surface area (Å²) in [4.78, 5) is 2.16. The van der Waals surface area contributed by atoms with Crippen LogP contribution in [0.4, 0.5) is 8.78 Å². The maximum Gasteiger partial charge on any atom is 0.255 e. The van der Waals surface area contributed by atoms with Gasteiger partial charge in [-0.15, -0.1) is 0 Å². The molecule has 1 N–H and O–H groups in total. The van der Waals surface area contributed by atoms with Crippen LogP contribution in [0.5, 0.6) is 0 Å². The number of aliphatic hydroxyl groups excluding tert-OH is 1. The van der Waals surface area contributed by atoms with Crippen LogP contribution in [0.2, 0.25) is 0 Å². The van der Waals surface area contributed by atoms with Crippen molar-refractivity contribution in [3.05, 3.63) is 0 Å². The van der Waals surface area contributed by atoms with Crippen LogP contribution in [0.1, 0.15) is 32.1 Å². The molecule has 1 unspecified atom stereocenters. The molecule has 1 spiro atoms. The minimum absolute atomic E-state index is 0.0582. The van der Waals surface area contributed by atoms with E-state index in [0.29, 0.717) is 13.0 Å². The predicted molar refractivity (Wildman–Crippen MR) is 56.4 cm³/mol. The van der Waals surface area contributed by atoms with Gasteiger partial charge in [0.1, 0.15) is 0 Å². The number of likely N-dealkylation sites (tertiary alicyclic amines) is 1. The third-order valence-electron chi connectivity index (χ3n) is 4.72. The van der Waals surface area contributed by atoms with Gasteiger partial charge in [0, 0.05) is 31.5 Å². The van der Waals surface area contributed by atoms with Crippen LogP contribution in [0, 0.1) is 10.8 Å². The van der Waals surface area contributed by atoms with E-state index in [0.717, 1.165) is 32.4 Å². The topological polar surface area (TPSA) is 23.5 Å². The van der Waals surface area contributed by atoms with Crippen LogP contribution < -0.4 is 0 Å². The first-order chi connectivity index (χ1) is 7.51. The zero-order chi connectivity index (χ0) is 11.4. The molecule has 1 heterocycles. The molecular formula is C12H19F2NO. The van der Waals surface area contributed by atoms with Crippen molar-refractivity contribution in [2.24, 2.45) is 10.8 Å². The molecule has 1 atom stereocenters. The second-order valence-electron chi connectivity index (χ2n) is 6.13. The van der Waals surface area contributed by atoms with Gasteiger partial charge in [-0.2, -0.15) is 0 Å². The summed E-state index contributed by atoms with van der Waals surface area (Å²) < 4.78 is 26.6. The van der Waals surface area contributed by atoms with Gasteiger partial charge in [0.25, 0.3) is 5.92 Å². The lowest BCUT2D eigenvalue weighted by atomic mass is 9.93. The molecule has 1 saturated heterocycles. The largest absolute Gasteiger partial charge is 0.396 e. The zero-order valence-electron chi connectivity index (χ0n) is 9.51. The van der Waals surface area contributed by atoms with Crippen molar-refractivity contribution in [1.82, 2.24) is 4.90 Å². The van der Waals surface area contributed by atoms with Crippen molar-refractivity contribution in [3.63, 3.8) is 0 Å². The lowest BCUT2D eigenvalue weighted by Gasteiger charge is -2.35. The van der Waals surface area contributed by atoms with Gasteiger partial charge in [0.05, 0.1) is 5.41 Å². The lowest BCUT2D eigenvalue weighted by Crippen LogP contribution is -2.42. The first-order valence-electron chi connectivity index (χ1n) is 6.22. The Kier molecular flexibility index (Phi) is 2.16. The molecule has 3 aliphatic rings. The smallest absolute Gasteiger partial charge is 0.255 e. The van der Waals surface area contributed by atoms with Gasteiger partial charge in [-0.1, -0.05) is 0 Å². The molecule has 3 fully saturated rings. The maximum atomic E-state index is 13.3. The van der Waals surface area contributed by atoms with E-state index in [2.05, 4.69) is 4.90 Å². The van der Waals surface area contributed by atoms with Gasteiger partial charge in [-0.3, -0.25) is 0 Å². The number of hydrogen-bond acceptors (Lipinski definition) is 2. The number of aliphatic hydroxyl groups is 1. The Labute approximate surface area is 94.6 Å². The lowest BCUT2D eigenvalue weighted by molar-refractivity contribution is 0.0162. The predicted octanol–water partition coefficient (Wildman–Crippen LogP) is 1.88. The second-order valence-corrected chi connectivity index (χ2v) is 6.13. The van der Waals surface area contributed by atoms with E-state index in [1.165, 1.54) is 0 Å². The van der Waals surface area contributed by atoms with Crippen LogP contribution in [0.3, 0.4) is 0 Å². The van der Waals surface area contributed by atoms with Crippen LogP contribution in [0.15, 0.2) is 0 Å². The van der Waals surface area contributed by atoms with E-state index >= 15 is 0 Å². The van der Waals surface area contributed by atoms with Crippen molar-refractivity contribution < 1.29 is 13.9 Å². The zero-order valence-corrected chi connectivity index (χ0v) is 9.51. The Morgan fingerprint density at radius 2 is 1.88 bits per heavy atom. The summed E-state index contributed by atoms with van der Waals surface area (Å²) >= 11 is 0. The quantitative estimate of drug-likeness (QED) is 0.801. The van der Waals surface area contributed by atoms with Crippen LogP contribution in [-0.4, -0.2) is 42.2 Å². The Bertz CT molecular complexity index is 303. The molecule has 0 aromatic heterocycles. The van der Waals surface area contributed by atoms with E-state index in [1.807, 2.05) is 0 Å². The van der Waals surface area contributed by atoms with Gasteiger partial charge in [-0.25, -0.2) is 8.78 Å². The van der Waals surface area contributed by atoms with Crippen molar-refractivity contribution in [3.8, 4) is 0 Å². The minimum Gasteiger partial charge on any atom is -0.396 e. The number of hydrogen-bond donors (Lipinski definition) is 1. The van der Waals surface area contributed by atoms with E-state index in [1.54, 1.807) is 0 Å². The highest BCUT2D eigenvalue weighted by Gasteiger charge is 2.71. The fourth-order valence-electron chi connectivity index (χ4n) is 3.20. The van der Waals surface area contributed by atoms with Crippen molar-refractivity contribution >= 4 is 0 Å². The molecular weight excluding hydrogens is 212 g/mol. The average Bonchev–Trinajstić information content (AvgIpc) is 3.08. The van der Waals surface area contributed by atoms with Gasteiger partial charge < -0.3 is 10.0 Å². The third-order valence-corrected chi connectivity index (χ3v) is 4.72. The van der Waals surface area contributed by atoms with E-state index in [4.69, 9.17) is 0 Å². The van der Waals surface area contributed by atoms with Gasteiger partial charge >= 0.3 is 0 Å². The fourth-order valence-corrected chi connectivity index (χ4v) is 3.20. The Morgan fingerprint density at radius 1 is 1.19 bits per heavy atom. The number of rotatable bonds is 3. The summed E-state index contributed by atoms with van der Waals surface area (Å²) in [6.45, 7) is 2.51. The summed E-state index contributed by atoms with van der Waals surface area (Å²) in [5.41, 5.74) is -0.639. The first kappa shape index (κ1) is 10.9. The summed E-state index contributed by atoms with van der Waals surface area (Å²) in [7, 11) is 0. The molecule has 0 radical (unpaired) electrons. The van der Waals surface area contributed by atoms with Crippen molar-refractivity contribution in [1.29, 1.82) is 0 Å². The molecule has 1 aliphatic heterocycles. The molecule has 0 aromatic rings. The van der Waals surface area contributed by atoms with Crippen molar-refractivity contribution in [2.45, 2.75) is 38.0 Å². The monoisotopic (exact) mass is 231 g/mol. The van der Waals surface area contributed by atoms with Gasteiger partial charge in [0.15, 0.2) is 0 Å². The molecule has 2 nitrogen and oxygen atoms in total. The molecule has 16 heavy (non-hydrogen) atoms. The molecule has 3 rings (SSSR count). The number of halogens is 2. The average molecular weight is 231 g/mol. The molecule has 0 bridgehead atoms. The van der Waals surface area contributed by atoms with Crippen LogP contribution in [0.25, 0.3) is 0 Å². The summed E-state index contributed by atoms with van der Waals surface area (Å²) in [6.07, 6.45) is 3.77. The summed E-state index contributed by atoms with van der Waals surface area (Å²) in [6, 6.07) is 0. The van der Waals surface area contributed by atoms with Crippen LogP contribution in [-0.2, 0) is 0 Å². The standard InChI is InChI=1S/C12H19F2NO/c13-12(14)6-11(12)2-1-5-15(8-11)7-10(9-16)3-4-10/h16H,1-9H2. The molecule has 0 aromatic carbocycles. The molecule has 2 aliphatic carbocycles. The molecule has 0 amide bonds.